The van der Waals surface area contributed by atoms with Gasteiger partial charge in [0.2, 0.25) is 6.79 Å². The van der Waals surface area contributed by atoms with Gasteiger partial charge in [0.1, 0.15) is 0 Å². The van der Waals surface area contributed by atoms with Gasteiger partial charge in [0, 0.05) is 18.7 Å². The molecule has 24 heavy (non-hydrogen) atoms. The normalized spacial score (nSPS) is 12.5. The maximum atomic E-state index is 12.4. The Morgan fingerprint density at radius 3 is 2.71 bits per heavy atom. The van der Waals surface area contributed by atoms with Crippen LogP contribution in [-0.4, -0.2) is 31.7 Å². The van der Waals surface area contributed by atoms with Crippen LogP contribution in [0.25, 0.3) is 0 Å². The number of halogens is 1. The van der Waals surface area contributed by atoms with Gasteiger partial charge in [-0.1, -0.05) is 35.9 Å². The number of carbonyl (C=O) groups excluding carboxylic acids is 1. The molecule has 3 rings (SSSR count). The van der Waals surface area contributed by atoms with E-state index in [0.717, 1.165) is 12.1 Å². The molecule has 2 aromatic carbocycles. The average Bonchev–Trinajstić information content (AvgIpc) is 3.02. The zero-order valence-corrected chi connectivity index (χ0v) is 14.4. The van der Waals surface area contributed by atoms with Crippen molar-refractivity contribution in [3.05, 3.63) is 58.1 Å². The molecule has 0 bridgehead atoms. The van der Waals surface area contributed by atoms with Crippen LogP contribution in [0, 0.1) is 0 Å². The number of carbonyl (C=O) groups is 1. The largest absolute Gasteiger partial charge is 0.454 e. The molecule has 0 spiro atoms. The number of amides is 1. The molecule has 0 aromatic heterocycles. The quantitative estimate of drug-likeness (QED) is 0.904. The summed E-state index contributed by atoms with van der Waals surface area (Å²) in [4.78, 5) is 14.5. The monoisotopic (exact) mass is 346 g/mol. The molecule has 1 N–H and O–H groups in total. The summed E-state index contributed by atoms with van der Waals surface area (Å²) >= 11 is 6.13. The van der Waals surface area contributed by atoms with Crippen molar-refractivity contribution in [2.75, 3.05) is 20.9 Å². The van der Waals surface area contributed by atoms with Gasteiger partial charge in [0.25, 0.3) is 5.91 Å². The summed E-state index contributed by atoms with van der Waals surface area (Å²) in [5, 5.41) is 3.31. The Labute approximate surface area is 146 Å². The average molecular weight is 347 g/mol. The molecule has 126 valence electrons. The van der Waals surface area contributed by atoms with Crippen molar-refractivity contribution in [2.24, 2.45) is 0 Å². The Morgan fingerprint density at radius 1 is 1.21 bits per heavy atom. The van der Waals surface area contributed by atoms with E-state index in [1.807, 2.05) is 32.3 Å². The molecular weight excluding hydrogens is 328 g/mol. The number of fused-ring (bicyclic) bond motifs is 1. The van der Waals surface area contributed by atoms with Gasteiger partial charge in [-0.3, -0.25) is 4.79 Å². The van der Waals surface area contributed by atoms with Gasteiger partial charge in [-0.25, -0.2) is 0 Å². The molecule has 2 aromatic rings. The lowest BCUT2D eigenvalue weighted by atomic mass is 10.1. The number of ether oxygens (including phenoxy) is 2. The first-order valence-corrected chi connectivity index (χ1v) is 8.01. The Kier molecular flexibility index (Phi) is 4.92. The number of nitrogens with one attached hydrogen (secondary N) is 1. The van der Waals surface area contributed by atoms with Gasteiger partial charge in [0.15, 0.2) is 11.5 Å². The first-order valence-electron chi connectivity index (χ1n) is 7.63. The van der Waals surface area contributed by atoms with E-state index in [1.54, 1.807) is 12.1 Å². The lowest BCUT2D eigenvalue weighted by Gasteiger charge is -2.14. The molecule has 0 saturated carbocycles. The summed E-state index contributed by atoms with van der Waals surface area (Å²) in [7, 11) is 4.04. The van der Waals surface area contributed by atoms with Crippen LogP contribution in [0.2, 0.25) is 5.02 Å². The van der Waals surface area contributed by atoms with Crippen molar-refractivity contribution in [1.29, 1.82) is 0 Å². The van der Waals surface area contributed by atoms with Crippen LogP contribution in [0.1, 0.15) is 21.5 Å². The second-order valence-corrected chi connectivity index (χ2v) is 6.29. The fraction of sp³-hybridized carbons (Fsp3) is 0.278. The highest BCUT2D eigenvalue weighted by Gasteiger charge is 2.20. The van der Waals surface area contributed by atoms with Gasteiger partial charge < -0.3 is 19.7 Å². The Balaban J connectivity index is 1.72. The predicted molar refractivity (Wildman–Crippen MR) is 92.6 cm³/mol. The molecule has 0 saturated heterocycles. The van der Waals surface area contributed by atoms with Crippen LogP contribution >= 0.6 is 11.6 Å². The smallest absolute Gasteiger partial charge is 0.251 e. The maximum Gasteiger partial charge on any atom is 0.251 e. The topological polar surface area (TPSA) is 50.8 Å². The maximum absolute atomic E-state index is 12.4. The Hall–Kier alpha value is -2.24. The highest BCUT2D eigenvalue weighted by Crippen LogP contribution is 2.39. The first-order chi connectivity index (χ1) is 11.5. The zero-order chi connectivity index (χ0) is 17.1. The molecule has 0 radical (unpaired) electrons. The summed E-state index contributed by atoms with van der Waals surface area (Å²) in [5.74, 6) is 0.792. The van der Waals surface area contributed by atoms with Gasteiger partial charge >= 0.3 is 0 Å². The number of nitrogens with zero attached hydrogens (tertiary/aromatic N) is 1. The van der Waals surface area contributed by atoms with Crippen molar-refractivity contribution < 1.29 is 14.3 Å². The fourth-order valence-electron chi connectivity index (χ4n) is 2.60. The van der Waals surface area contributed by atoms with Crippen molar-refractivity contribution in [1.82, 2.24) is 10.2 Å². The number of benzene rings is 2. The standard InChI is InChI=1S/C18H19ClN2O3/c1-21(2)10-13-6-4-3-5-12(13)9-20-18(22)14-7-15(19)17-16(8-14)23-11-24-17/h3-8H,9-11H2,1-2H3,(H,20,22). The molecule has 1 aliphatic heterocycles. The molecule has 0 aliphatic carbocycles. The summed E-state index contributed by atoms with van der Waals surface area (Å²) < 4.78 is 10.6. The SMILES string of the molecule is CN(C)Cc1ccccc1CNC(=O)c1cc(Cl)c2c(c1)OCO2. The van der Waals surface area contributed by atoms with Crippen LogP contribution in [0.5, 0.6) is 11.5 Å². The Morgan fingerprint density at radius 2 is 1.96 bits per heavy atom. The third-order valence-electron chi connectivity index (χ3n) is 3.73. The summed E-state index contributed by atoms with van der Waals surface area (Å²) in [6.45, 7) is 1.40. The lowest BCUT2D eigenvalue weighted by molar-refractivity contribution is 0.0950. The third kappa shape index (κ3) is 3.63. The van der Waals surface area contributed by atoms with Crippen LogP contribution in [0.4, 0.5) is 0 Å². The minimum atomic E-state index is -0.199. The van der Waals surface area contributed by atoms with Crippen LogP contribution in [-0.2, 0) is 13.1 Å². The van der Waals surface area contributed by atoms with Gasteiger partial charge in [-0.15, -0.1) is 0 Å². The molecule has 1 aliphatic rings. The summed E-state index contributed by atoms with van der Waals surface area (Å²) in [5.41, 5.74) is 2.73. The van der Waals surface area contributed by atoms with E-state index in [2.05, 4.69) is 16.3 Å². The number of hydrogen-bond acceptors (Lipinski definition) is 4. The molecule has 1 heterocycles. The first kappa shape index (κ1) is 16.6. The van der Waals surface area contributed by atoms with E-state index in [0.29, 0.717) is 28.6 Å². The van der Waals surface area contributed by atoms with Gasteiger partial charge in [-0.2, -0.15) is 0 Å². The van der Waals surface area contributed by atoms with Crippen molar-refractivity contribution in [2.45, 2.75) is 13.1 Å². The van der Waals surface area contributed by atoms with E-state index < -0.39 is 0 Å². The van der Waals surface area contributed by atoms with Crippen molar-refractivity contribution in [3.63, 3.8) is 0 Å². The van der Waals surface area contributed by atoms with Gasteiger partial charge in [0.05, 0.1) is 5.02 Å². The second kappa shape index (κ2) is 7.11. The van der Waals surface area contributed by atoms with Crippen molar-refractivity contribution in [3.8, 4) is 11.5 Å². The molecular formula is C18H19ClN2O3. The molecule has 5 nitrogen and oxygen atoms in total. The summed E-state index contributed by atoms with van der Waals surface area (Å²) in [6, 6.07) is 11.3. The molecule has 1 amide bonds. The predicted octanol–water partition coefficient (Wildman–Crippen LogP) is 3.06. The zero-order valence-electron chi connectivity index (χ0n) is 13.6. The number of rotatable bonds is 5. The third-order valence-corrected chi connectivity index (χ3v) is 4.01. The highest BCUT2D eigenvalue weighted by molar-refractivity contribution is 6.32. The Bertz CT molecular complexity index is 762. The van der Waals surface area contributed by atoms with E-state index in [9.17, 15) is 4.79 Å². The van der Waals surface area contributed by atoms with Crippen LogP contribution in [0.15, 0.2) is 36.4 Å². The fourth-order valence-corrected chi connectivity index (χ4v) is 2.87. The van der Waals surface area contributed by atoms with Gasteiger partial charge in [-0.05, 0) is 37.4 Å². The van der Waals surface area contributed by atoms with Crippen LogP contribution < -0.4 is 14.8 Å². The number of hydrogen-bond donors (Lipinski definition) is 1. The van der Waals surface area contributed by atoms with E-state index in [4.69, 9.17) is 21.1 Å². The van der Waals surface area contributed by atoms with Crippen LogP contribution in [0.3, 0.4) is 0 Å². The second-order valence-electron chi connectivity index (χ2n) is 5.88. The minimum Gasteiger partial charge on any atom is -0.454 e. The summed E-state index contributed by atoms with van der Waals surface area (Å²) in [6.07, 6.45) is 0. The van der Waals surface area contributed by atoms with E-state index in [1.165, 1.54) is 5.56 Å². The molecule has 0 fully saturated rings. The van der Waals surface area contributed by atoms with E-state index in [-0.39, 0.29) is 12.7 Å². The van der Waals surface area contributed by atoms with Crippen molar-refractivity contribution >= 4 is 17.5 Å². The lowest BCUT2D eigenvalue weighted by Crippen LogP contribution is -2.24. The molecule has 6 heteroatoms. The molecule has 0 atom stereocenters. The van der Waals surface area contributed by atoms with E-state index >= 15 is 0 Å². The molecule has 0 unspecified atom stereocenters. The highest BCUT2D eigenvalue weighted by atomic mass is 35.5. The minimum absolute atomic E-state index is 0.123.